The molecule has 1 heterocycles. The average Bonchev–Trinajstić information content (AvgIpc) is 2.73. The van der Waals surface area contributed by atoms with Gasteiger partial charge in [0, 0.05) is 18.1 Å². The molecule has 0 spiro atoms. The Bertz CT molecular complexity index is 817. The van der Waals surface area contributed by atoms with Gasteiger partial charge in [-0.1, -0.05) is 35.9 Å². The van der Waals surface area contributed by atoms with E-state index in [-0.39, 0.29) is 11.8 Å². The summed E-state index contributed by atoms with van der Waals surface area (Å²) in [6.45, 7) is 3.58. The molecule has 1 aliphatic rings. The van der Waals surface area contributed by atoms with E-state index in [4.69, 9.17) is 16.3 Å². The number of para-hydroxylation sites is 1. The summed E-state index contributed by atoms with van der Waals surface area (Å²) >= 11 is 5.90. The average molecular weight is 401 g/mol. The second kappa shape index (κ2) is 9.60. The molecule has 3 rings (SSSR count). The number of piperidine rings is 1. The number of benzene rings is 2. The van der Waals surface area contributed by atoms with Crippen molar-refractivity contribution in [1.29, 1.82) is 0 Å². The van der Waals surface area contributed by atoms with E-state index < -0.39 is 6.04 Å². The molecule has 5 nitrogen and oxygen atoms in total. The van der Waals surface area contributed by atoms with Gasteiger partial charge < -0.3 is 15.0 Å². The van der Waals surface area contributed by atoms with Crippen molar-refractivity contribution in [2.75, 3.05) is 13.1 Å². The van der Waals surface area contributed by atoms with Crippen LogP contribution < -0.4 is 10.1 Å². The van der Waals surface area contributed by atoms with Crippen molar-refractivity contribution in [1.82, 2.24) is 10.2 Å². The summed E-state index contributed by atoms with van der Waals surface area (Å²) in [6.07, 6.45) is 3.20. The van der Waals surface area contributed by atoms with Crippen molar-refractivity contribution < 1.29 is 14.3 Å². The van der Waals surface area contributed by atoms with Crippen LogP contribution in [-0.4, -0.2) is 35.8 Å². The predicted molar refractivity (Wildman–Crippen MR) is 110 cm³/mol. The number of likely N-dealkylation sites (tertiary alicyclic amines) is 1. The summed E-state index contributed by atoms with van der Waals surface area (Å²) in [5.74, 6) is 0.129. The van der Waals surface area contributed by atoms with Crippen LogP contribution in [0.4, 0.5) is 0 Å². The number of rotatable bonds is 6. The third-order valence-electron chi connectivity index (χ3n) is 4.83. The second-order valence-corrected chi connectivity index (χ2v) is 7.43. The van der Waals surface area contributed by atoms with Crippen molar-refractivity contribution in [3.05, 3.63) is 64.7 Å². The smallest absolute Gasteiger partial charge is 0.255 e. The van der Waals surface area contributed by atoms with Gasteiger partial charge in [-0.2, -0.15) is 0 Å². The van der Waals surface area contributed by atoms with Gasteiger partial charge in [-0.3, -0.25) is 9.59 Å². The zero-order chi connectivity index (χ0) is 19.9. The topological polar surface area (TPSA) is 58.6 Å². The van der Waals surface area contributed by atoms with Crippen LogP contribution in [0.3, 0.4) is 0 Å². The summed E-state index contributed by atoms with van der Waals surface area (Å²) < 4.78 is 5.84. The number of hydrogen-bond donors (Lipinski definition) is 1. The largest absolute Gasteiger partial charge is 0.488 e. The lowest BCUT2D eigenvalue weighted by atomic mass is 10.1. The lowest BCUT2D eigenvalue weighted by Crippen LogP contribution is -2.48. The van der Waals surface area contributed by atoms with Gasteiger partial charge in [0.1, 0.15) is 18.4 Å². The molecule has 6 heteroatoms. The molecule has 1 aliphatic heterocycles. The van der Waals surface area contributed by atoms with E-state index in [2.05, 4.69) is 5.32 Å². The first-order valence-electron chi connectivity index (χ1n) is 9.60. The predicted octanol–water partition coefficient (Wildman–Crippen LogP) is 4.05. The highest BCUT2D eigenvalue weighted by molar-refractivity contribution is 6.30. The van der Waals surface area contributed by atoms with Crippen LogP contribution in [0.15, 0.2) is 48.5 Å². The number of ether oxygens (including phenoxy) is 1. The van der Waals surface area contributed by atoms with Gasteiger partial charge in [-0.25, -0.2) is 0 Å². The van der Waals surface area contributed by atoms with Crippen molar-refractivity contribution >= 4 is 23.4 Å². The Morgan fingerprint density at radius 1 is 1.07 bits per heavy atom. The van der Waals surface area contributed by atoms with Gasteiger partial charge in [0.05, 0.1) is 5.56 Å². The summed E-state index contributed by atoms with van der Waals surface area (Å²) in [6, 6.07) is 13.8. The summed E-state index contributed by atoms with van der Waals surface area (Å²) in [5.41, 5.74) is 1.36. The Labute approximate surface area is 170 Å². The van der Waals surface area contributed by atoms with Crippen LogP contribution in [0, 0.1) is 0 Å². The van der Waals surface area contributed by atoms with Crippen LogP contribution in [0.5, 0.6) is 5.75 Å². The molecule has 1 saturated heterocycles. The number of carbonyl (C=O) groups excluding carboxylic acids is 2. The maximum Gasteiger partial charge on any atom is 0.255 e. The first kappa shape index (κ1) is 20.2. The van der Waals surface area contributed by atoms with E-state index in [1.54, 1.807) is 37.3 Å². The lowest BCUT2D eigenvalue weighted by molar-refractivity contribution is -0.133. The molecule has 1 fully saturated rings. The molecule has 0 bridgehead atoms. The van der Waals surface area contributed by atoms with Gasteiger partial charge in [-0.05, 0) is 56.0 Å². The molecule has 2 amide bonds. The van der Waals surface area contributed by atoms with Gasteiger partial charge in [0.25, 0.3) is 5.91 Å². The Hall–Kier alpha value is -2.53. The SMILES string of the molecule is C[C@H](NC(=O)c1ccccc1OCc1ccc(Cl)cc1)C(=O)N1CCCCC1. The molecule has 0 aliphatic carbocycles. The molecule has 1 N–H and O–H groups in total. The molecule has 2 aromatic carbocycles. The summed E-state index contributed by atoms with van der Waals surface area (Å²) in [7, 11) is 0. The minimum absolute atomic E-state index is 0.0346. The zero-order valence-corrected chi connectivity index (χ0v) is 16.7. The third-order valence-corrected chi connectivity index (χ3v) is 5.08. The van der Waals surface area contributed by atoms with E-state index in [0.717, 1.165) is 37.9 Å². The molecule has 0 aromatic heterocycles. The van der Waals surface area contributed by atoms with Gasteiger partial charge in [0.2, 0.25) is 5.91 Å². The highest BCUT2D eigenvalue weighted by Crippen LogP contribution is 2.20. The minimum Gasteiger partial charge on any atom is -0.488 e. The van der Waals surface area contributed by atoms with Crippen LogP contribution in [0.1, 0.15) is 42.1 Å². The van der Waals surface area contributed by atoms with Gasteiger partial charge in [-0.15, -0.1) is 0 Å². The summed E-state index contributed by atoms with van der Waals surface area (Å²) in [5, 5.41) is 3.47. The summed E-state index contributed by atoms with van der Waals surface area (Å²) in [4.78, 5) is 27.1. The molecule has 2 aromatic rings. The second-order valence-electron chi connectivity index (χ2n) is 6.99. The Morgan fingerprint density at radius 3 is 2.46 bits per heavy atom. The monoisotopic (exact) mass is 400 g/mol. The van der Waals surface area contributed by atoms with Gasteiger partial charge >= 0.3 is 0 Å². The number of nitrogens with zero attached hydrogens (tertiary/aromatic N) is 1. The van der Waals surface area contributed by atoms with Crippen molar-refractivity contribution in [3.8, 4) is 5.75 Å². The minimum atomic E-state index is -0.574. The Morgan fingerprint density at radius 2 is 1.75 bits per heavy atom. The molecule has 148 valence electrons. The van der Waals surface area contributed by atoms with Gasteiger partial charge in [0.15, 0.2) is 0 Å². The quantitative estimate of drug-likeness (QED) is 0.795. The molecular weight excluding hydrogens is 376 g/mol. The normalized spacial score (nSPS) is 15.0. The van der Waals surface area contributed by atoms with Crippen molar-refractivity contribution in [2.24, 2.45) is 0 Å². The Kier molecular flexibility index (Phi) is 6.93. The molecule has 0 unspecified atom stereocenters. The first-order chi connectivity index (χ1) is 13.5. The van der Waals surface area contributed by atoms with Crippen LogP contribution in [-0.2, 0) is 11.4 Å². The lowest BCUT2D eigenvalue weighted by Gasteiger charge is -2.29. The van der Waals surface area contributed by atoms with Crippen molar-refractivity contribution in [2.45, 2.75) is 38.8 Å². The third kappa shape index (κ3) is 5.26. The molecular formula is C22H25ClN2O3. The number of carbonyl (C=O) groups is 2. The molecule has 0 saturated carbocycles. The standard InChI is InChI=1S/C22H25ClN2O3/c1-16(22(27)25-13-5-2-6-14-25)24-21(26)19-7-3-4-8-20(19)28-15-17-9-11-18(23)12-10-17/h3-4,7-12,16H,2,5-6,13-15H2,1H3,(H,24,26)/t16-/m0/s1. The number of hydrogen-bond acceptors (Lipinski definition) is 3. The maximum atomic E-state index is 12.7. The van der Waals surface area contributed by atoms with Crippen LogP contribution in [0.2, 0.25) is 5.02 Å². The van der Waals surface area contributed by atoms with E-state index in [0.29, 0.717) is 22.9 Å². The van der Waals surface area contributed by atoms with Crippen LogP contribution >= 0.6 is 11.6 Å². The van der Waals surface area contributed by atoms with Crippen molar-refractivity contribution in [3.63, 3.8) is 0 Å². The molecule has 1 atom stereocenters. The zero-order valence-electron chi connectivity index (χ0n) is 16.0. The number of halogens is 1. The van der Waals surface area contributed by atoms with E-state index >= 15 is 0 Å². The fourth-order valence-electron chi connectivity index (χ4n) is 3.25. The van der Waals surface area contributed by atoms with E-state index in [1.807, 2.05) is 23.1 Å². The number of amides is 2. The maximum absolute atomic E-state index is 12.7. The fourth-order valence-corrected chi connectivity index (χ4v) is 3.37. The van der Waals surface area contributed by atoms with E-state index in [9.17, 15) is 9.59 Å². The highest BCUT2D eigenvalue weighted by atomic mass is 35.5. The highest BCUT2D eigenvalue weighted by Gasteiger charge is 2.24. The Balaban J connectivity index is 1.63. The molecule has 0 radical (unpaired) electrons. The van der Waals surface area contributed by atoms with E-state index in [1.165, 1.54) is 0 Å². The fraction of sp³-hybridized carbons (Fsp3) is 0.364. The first-order valence-corrected chi connectivity index (χ1v) is 9.98. The molecule has 28 heavy (non-hydrogen) atoms. The van der Waals surface area contributed by atoms with Crippen LogP contribution in [0.25, 0.3) is 0 Å². The number of nitrogens with one attached hydrogen (secondary N) is 1.